The molecule has 1 saturated heterocycles. The molecular formula is C40H42F3N5O7. The van der Waals surface area contributed by atoms with Crippen LogP contribution in [0.4, 0.5) is 24.9 Å². The van der Waals surface area contributed by atoms with Crippen LogP contribution in [0.15, 0.2) is 71.4 Å². The monoisotopic (exact) mass is 761 g/mol. The fourth-order valence-electron chi connectivity index (χ4n) is 7.27. The average Bonchev–Trinajstić information content (AvgIpc) is 3.65. The van der Waals surface area contributed by atoms with Crippen molar-refractivity contribution in [1.29, 1.82) is 0 Å². The first-order valence-corrected chi connectivity index (χ1v) is 17.8. The summed E-state index contributed by atoms with van der Waals surface area (Å²) in [6.45, 7) is 3.76. The highest BCUT2D eigenvalue weighted by Gasteiger charge is 2.38. The molecule has 3 aromatic carbocycles. The van der Waals surface area contributed by atoms with Crippen molar-refractivity contribution in [2.75, 3.05) is 64.5 Å². The van der Waals surface area contributed by atoms with Crippen LogP contribution in [-0.4, -0.2) is 81.6 Å². The number of hydrogen-bond donors (Lipinski definition) is 0. The number of rotatable bonds is 11. The maximum Gasteiger partial charge on any atom is 0.416 e. The summed E-state index contributed by atoms with van der Waals surface area (Å²) in [5.74, 6) is 2.34. The maximum atomic E-state index is 14.0. The second-order valence-corrected chi connectivity index (χ2v) is 13.4. The van der Waals surface area contributed by atoms with Crippen LogP contribution in [0.5, 0.6) is 23.0 Å². The Morgan fingerprint density at radius 2 is 1.56 bits per heavy atom. The van der Waals surface area contributed by atoms with Crippen LogP contribution in [0.25, 0.3) is 11.1 Å². The molecule has 290 valence electrons. The first kappa shape index (κ1) is 37.6. The van der Waals surface area contributed by atoms with Gasteiger partial charge in [-0.25, -0.2) is 0 Å². The number of fused-ring (bicyclic) bond motifs is 2. The van der Waals surface area contributed by atoms with Crippen LogP contribution in [0.2, 0.25) is 0 Å². The van der Waals surface area contributed by atoms with E-state index >= 15 is 0 Å². The highest BCUT2D eigenvalue weighted by atomic mass is 19.4. The lowest BCUT2D eigenvalue weighted by atomic mass is 9.91. The van der Waals surface area contributed by atoms with Gasteiger partial charge in [0.2, 0.25) is 0 Å². The number of oxazole rings is 1. The van der Waals surface area contributed by atoms with E-state index in [1.807, 2.05) is 53.1 Å². The fraction of sp³-hybridized carbons (Fsp3) is 0.375. The first-order chi connectivity index (χ1) is 26.5. The number of halogens is 3. The predicted octanol–water partition coefficient (Wildman–Crippen LogP) is 6.83. The number of alkyl halides is 3. The molecule has 2 aliphatic heterocycles. The van der Waals surface area contributed by atoms with Gasteiger partial charge in [-0.2, -0.15) is 18.2 Å². The van der Waals surface area contributed by atoms with E-state index in [2.05, 4.69) is 4.98 Å². The third-order valence-electron chi connectivity index (χ3n) is 10.2. The molecule has 2 aliphatic rings. The van der Waals surface area contributed by atoms with E-state index in [1.165, 1.54) is 12.1 Å². The highest BCUT2D eigenvalue weighted by molar-refractivity contribution is 5.88. The van der Waals surface area contributed by atoms with E-state index in [-0.39, 0.29) is 25.6 Å². The molecule has 0 saturated carbocycles. The minimum absolute atomic E-state index is 0.217. The molecule has 0 radical (unpaired) electrons. The summed E-state index contributed by atoms with van der Waals surface area (Å²) in [5, 5.41) is 0. The molecule has 15 heteroatoms. The van der Waals surface area contributed by atoms with Crippen LogP contribution in [0, 0.1) is 0 Å². The molecule has 1 unspecified atom stereocenters. The van der Waals surface area contributed by atoms with Gasteiger partial charge < -0.3 is 42.8 Å². The highest BCUT2D eigenvalue weighted by Crippen LogP contribution is 2.38. The molecule has 0 bridgehead atoms. The summed E-state index contributed by atoms with van der Waals surface area (Å²) >= 11 is 0. The van der Waals surface area contributed by atoms with Crippen molar-refractivity contribution in [1.82, 2.24) is 14.9 Å². The van der Waals surface area contributed by atoms with Crippen molar-refractivity contribution in [3.05, 3.63) is 94.8 Å². The topological polar surface area (TPSA) is 112 Å². The number of carbonyl (C=O) groups is 1. The standard InChI is InChI=1S/C40H42F3N5O7/c1-24-31-11-8-28(40(41,42)43)16-25(31)12-13-48(24)38(49)36-23-46(14-15-54-36)33-20-44-19-32-37(33)55-39(45-32)47(21-26-6-9-29(50-2)17-34(26)52-4)22-27-7-10-30(51-3)18-35(27)53-5/h6-11,16-20,24,36H,12-15,21-23H2,1-5H3/t24?,36-/m1/s1. The maximum absolute atomic E-state index is 14.0. The van der Waals surface area contributed by atoms with Crippen molar-refractivity contribution in [2.24, 2.45) is 0 Å². The van der Waals surface area contributed by atoms with Gasteiger partial charge in [0.25, 0.3) is 11.9 Å². The number of amides is 1. The Balaban J connectivity index is 1.16. The number of anilines is 2. The zero-order chi connectivity index (χ0) is 38.9. The van der Waals surface area contributed by atoms with Gasteiger partial charge in [0.1, 0.15) is 34.2 Å². The lowest BCUT2D eigenvalue weighted by Gasteiger charge is -2.40. The third kappa shape index (κ3) is 7.66. The molecule has 4 heterocycles. The molecule has 2 atom stereocenters. The average molecular weight is 762 g/mol. The summed E-state index contributed by atoms with van der Waals surface area (Å²) < 4.78 is 75.0. The Bertz CT molecular complexity index is 2120. The molecule has 0 aliphatic carbocycles. The minimum atomic E-state index is -4.43. The molecule has 0 spiro atoms. The van der Waals surface area contributed by atoms with E-state index in [0.29, 0.717) is 83.0 Å². The Morgan fingerprint density at radius 3 is 2.18 bits per heavy atom. The second kappa shape index (κ2) is 15.6. The second-order valence-electron chi connectivity index (χ2n) is 13.4. The molecule has 0 N–H and O–H groups in total. The van der Waals surface area contributed by atoms with Gasteiger partial charge in [0.15, 0.2) is 11.7 Å². The number of ether oxygens (including phenoxy) is 5. The summed E-state index contributed by atoms with van der Waals surface area (Å²) in [7, 11) is 6.40. The molecule has 12 nitrogen and oxygen atoms in total. The van der Waals surface area contributed by atoms with Crippen molar-refractivity contribution in [3.63, 3.8) is 0 Å². The number of carbonyl (C=O) groups excluding carboxylic acids is 1. The van der Waals surface area contributed by atoms with Crippen LogP contribution >= 0.6 is 0 Å². The van der Waals surface area contributed by atoms with E-state index in [4.69, 9.17) is 33.1 Å². The van der Waals surface area contributed by atoms with E-state index in [9.17, 15) is 18.0 Å². The van der Waals surface area contributed by atoms with Crippen molar-refractivity contribution < 1.29 is 46.1 Å². The zero-order valence-corrected chi connectivity index (χ0v) is 31.2. The SMILES string of the molecule is COc1ccc(CN(Cc2ccc(OC)cc2OC)c2nc3cncc(N4CCO[C@@H](C(=O)N5CCc6cc(C(F)(F)F)ccc6C5C)C4)c3o2)c(OC)c1. The van der Waals surface area contributed by atoms with Gasteiger partial charge in [-0.15, -0.1) is 0 Å². The fourth-order valence-corrected chi connectivity index (χ4v) is 7.27. The Kier molecular flexibility index (Phi) is 10.6. The van der Waals surface area contributed by atoms with E-state index < -0.39 is 23.9 Å². The quantitative estimate of drug-likeness (QED) is 0.141. The number of benzene rings is 3. The number of pyridine rings is 1. The molecule has 1 amide bonds. The number of methoxy groups -OCH3 is 4. The molecule has 1 fully saturated rings. The summed E-state index contributed by atoms with van der Waals surface area (Å²) in [4.78, 5) is 29.0. The molecule has 7 rings (SSSR count). The number of nitrogens with zero attached hydrogens (tertiary/aromatic N) is 5. The van der Waals surface area contributed by atoms with Crippen LogP contribution < -0.4 is 28.7 Å². The minimum Gasteiger partial charge on any atom is -0.497 e. The van der Waals surface area contributed by atoms with Gasteiger partial charge in [0, 0.05) is 36.3 Å². The number of aromatic nitrogens is 2. The van der Waals surface area contributed by atoms with Crippen molar-refractivity contribution >= 4 is 28.7 Å². The van der Waals surface area contributed by atoms with Gasteiger partial charge >= 0.3 is 6.18 Å². The van der Waals surface area contributed by atoms with Gasteiger partial charge in [-0.1, -0.05) is 6.07 Å². The van der Waals surface area contributed by atoms with Gasteiger partial charge in [0.05, 0.1) is 78.7 Å². The Labute approximate surface area is 316 Å². The number of morpholine rings is 1. The van der Waals surface area contributed by atoms with Crippen LogP contribution in [-0.2, 0) is 35.2 Å². The molecule has 5 aromatic rings. The third-order valence-corrected chi connectivity index (χ3v) is 10.2. The lowest BCUT2D eigenvalue weighted by molar-refractivity contribution is -0.147. The number of hydrogen-bond acceptors (Lipinski definition) is 11. The van der Waals surface area contributed by atoms with Crippen molar-refractivity contribution in [3.8, 4) is 23.0 Å². The van der Waals surface area contributed by atoms with Crippen LogP contribution in [0.3, 0.4) is 0 Å². The van der Waals surface area contributed by atoms with E-state index in [1.54, 1.807) is 45.7 Å². The summed E-state index contributed by atoms with van der Waals surface area (Å²) in [6, 6.07) is 14.9. The molecule has 55 heavy (non-hydrogen) atoms. The van der Waals surface area contributed by atoms with Crippen molar-refractivity contribution in [2.45, 2.75) is 44.8 Å². The predicted molar refractivity (Wildman–Crippen MR) is 198 cm³/mol. The first-order valence-electron chi connectivity index (χ1n) is 17.8. The van der Waals surface area contributed by atoms with E-state index in [0.717, 1.165) is 17.2 Å². The molecule has 2 aromatic heterocycles. The largest absolute Gasteiger partial charge is 0.497 e. The smallest absolute Gasteiger partial charge is 0.416 e. The Morgan fingerprint density at radius 1 is 0.891 bits per heavy atom. The Hall–Kier alpha value is -5.70. The normalized spacial score (nSPS) is 17.2. The lowest BCUT2D eigenvalue weighted by Crippen LogP contribution is -2.52. The summed E-state index contributed by atoms with van der Waals surface area (Å²) in [5.41, 5.74) is 4.00. The molecular weight excluding hydrogens is 719 g/mol. The van der Waals surface area contributed by atoms with Gasteiger partial charge in [-0.3, -0.25) is 9.78 Å². The van der Waals surface area contributed by atoms with Crippen LogP contribution in [0.1, 0.15) is 40.8 Å². The zero-order valence-electron chi connectivity index (χ0n) is 31.2. The summed E-state index contributed by atoms with van der Waals surface area (Å²) in [6.07, 6.45) is -1.61. The van der Waals surface area contributed by atoms with Gasteiger partial charge in [-0.05, 0) is 60.9 Å².